The van der Waals surface area contributed by atoms with E-state index < -0.39 is 0 Å². The zero-order chi connectivity index (χ0) is 12.3. The highest BCUT2D eigenvalue weighted by molar-refractivity contribution is 9.10. The molecule has 0 amide bonds. The number of benzene rings is 1. The lowest BCUT2D eigenvalue weighted by Crippen LogP contribution is -2.24. The summed E-state index contributed by atoms with van der Waals surface area (Å²) >= 11 is 3.28. The first-order valence-electron chi connectivity index (χ1n) is 6.00. The summed E-state index contributed by atoms with van der Waals surface area (Å²) in [7, 11) is 1.98. The first-order chi connectivity index (χ1) is 8.19. The molecular formula is C13H19BrClFN2. The van der Waals surface area contributed by atoms with Crippen molar-refractivity contribution >= 4 is 28.3 Å². The first-order valence-corrected chi connectivity index (χ1v) is 6.79. The molecule has 1 saturated heterocycles. The Morgan fingerprint density at radius 2 is 2.28 bits per heavy atom. The molecule has 1 unspecified atom stereocenters. The minimum atomic E-state index is -0.114. The highest BCUT2D eigenvalue weighted by Gasteiger charge is 2.22. The van der Waals surface area contributed by atoms with Crippen molar-refractivity contribution in [1.29, 1.82) is 0 Å². The predicted molar refractivity (Wildman–Crippen MR) is 78.7 cm³/mol. The second kappa shape index (κ2) is 7.43. The molecule has 2 rings (SSSR count). The summed E-state index contributed by atoms with van der Waals surface area (Å²) in [6.07, 6.45) is 1.21. The van der Waals surface area contributed by atoms with Gasteiger partial charge in [-0.1, -0.05) is 22.0 Å². The molecule has 0 spiro atoms. The molecule has 1 N–H and O–H groups in total. The Morgan fingerprint density at radius 1 is 1.50 bits per heavy atom. The van der Waals surface area contributed by atoms with Crippen molar-refractivity contribution in [2.45, 2.75) is 13.0 Å². The molecule has 5 heteroatoms. The van der Waals surface area contributed by atoms with Crippen molar-refractivity contribution in [3.63, 3.8) is 0 Å². The molecule has 0 aromatic heterocycles. The molecule has 1 atom stereocenters. The second-order valence-corrected chi connectivity index (χ2v) is 5.60. The normalized spacial score (nSPS) is 19.8. The Balaban J connectivity index is 0.00000162. The molecule has 2 nitrogen and oxygen atoms in total. The monoisotopic (exact) mass is 336 g/mol. The third kappa shape index (κ3) is 4.19. The fourth-order valence-corrected chi connectivity index (χ4v) is 2.74. The smallest absolute Gasteiger partial charge is 0.128 e. The SMILES string of the molecule is CNCC1CCN(Cc2ccc(Br)cc2F)C1.Cl. The fraction of sp³-hybridized carbons (Fsp3) is 0.538. The number of halogens is 3. The molecule has 102 valence electrons. The molecule has 1 aromatic carbocycles. The molecule has 0 bridgehead atoms. The Kier molecular flexibility index (Phi) is 6.57. The standard InChI is InChI=1S/C13H18BrFN2.ClH/c1-16-7-10-4-5-17(8-10)9-11-2-3-12(14)6-13(11)15;/h2-3,6,10,16H,4-5,7-9H2,1H3;1H. The Labute approximate surface area is 122 Å². The third-order valence-electron chi connectivity index (χ3n) is 3.27. The van der Waals surface area contributed by atoms with Crippen LogP contribution in [-0.4, -0.2) is 31.6 Å². The van der Waals surface area contributed by atoms with Gasteiger partial charge in [0.2, 0.25) is 0 Å². The van der Waals surface area contributed by atoms with Gasteiger partial charge in [0.05, 0.1) is 0 Å². The molecule has 0 aliphatic carbocycles. The molecule has 1 heterocycles. The van der Waals surface area contributed by atoms with Crippen molar-refractivity contribution in [2.75, 3.05) is 26.7 Å². The summed E-state index contributed by atoms with van der Waals surface area (Å²) in [6.45, 7) is 3.91. The van der Waals surface area contributed by atoms with Crippen LogP contribution in [-0.2, 0) is 6.54 Å². The van der Waals surface area contributed by atoms with E-state index in [0.717, 1.165) is 36.2 Å². The van der Waals surface area contributed by atoms with Crippen LogP contribution >= 0.6 is 28.3 Å². The molecule has 0 saturated carbocycles. The number of nitrogens with zero attached hydrogens (tertiary/aromatic N) is 1. The average Bonchev–Trinajstić information content (AvgIpc) is 2.71. The van der Waals surface area contributed by atoms with Crippen LogP contribution in [0.1, 0.15) is 12.0 Å². The van der Waals surface area contributed by atoms with Crippen LogP contribution in [0.4, 0.5) is 4.39 Å². The van der Waals surface area contributed by atoms with Gasteiger partial charge in [0, 0.05) is 23.1 Å². The van der Waals surface area contributed by atoms with Crippen molar-refractivity contribution in [3.05, 3.63) is 34.1 Å². The number of hydrogen-bond acceptors (Lipinski definition) is 2. The maximum absolute atomic E-state index is 13.7. The van der Waals surface area contributed by atoms with E-state index in [1.807, 2.05) is 19.2 Å². The number of likely N-dealkylation sites (tertiary alicyclic amines) is 1. The lowest BCUT2D eigenvalue weighted by atomic mass is 10.1. The van der Waals surface area contributed by atoms with E-state index in [9.17, 15) is 4.39 Å². The van der Waals surface area contributed by atoms with Crippen LogP contribution in [0, 0.1) is 11.7 Å². The minimum Gasteiger partial charge on any atom is -0.319 e. The van der Waals surface area contributed by atoms with Gasteiger partial charge in [-0.3, -0.25) is 4.90 Å². The quantitative estimate of drug-likeness (QED) is 0.908. The van der Waals surface area contributed by atoms with Gasteiger partial charge >= 0.3 is 0 Å². The zero-order valence-electron chi connectivity index (χ0n) is 10.5. The topological polar surface area (TPSA) is 15.3 Å². The molecule has 1 aliphatic rings. The number of rotatable bonds is 4. The third-order valence-corrected chi connectivity index (χ3v) is 3.77. The summed E-state index contributed by atoms with van der Waals surface area (Å²) < 4.78 is 14.5. The number of hydrogen-bond donors (Lipinski definition) is 1. The van der Waals surface area contributed by atoms with Gasteiger partial charge in [-0.15, -0.1) is 12.4 Å². The van der Waals surface area contributed by atoms with Gasteiger partial charge in [0.15, 0.2) is 0 Å². The minimum absolute atomic E-state index is 0. The van der Waals surface area contributed by atoms with Gasteiger partial charge in [-0.05, 0) is 44.6 Å². The van der Waals surface area contributed by atoms with Crippen LogP contribution in [0.15, 0.2) is 22.7 Å². The van der Waals surface area contributed by atoms with Crippen LogP contribution < -0.4 is 5.32 Å². The summed E-state index contributed by atoms with van der Waals surface area (Å²) in [5.41, 5.74) is 0.790. The van der Waals surface area contributed by atoms with E-state index in [2.05, 4.69) is 26.1 Å². The van der Waals surface area contributed by atoms with Gasteiger partial charge in [-0.25, -0.2) is 4.39 Å². The van der Waals surface area contributed by atoms with Crippen LogP contribution in [0.2, 0.25) is 0 Å². The van der Waals surface area contributed by atoms with Crippen molar-refractivity contribution in [2.24, 2.45) is 5.92 Å². The van der Waals surface area contributed by atoms with Crippen molar-refractivity contribution in [1.82, 2.24) is 10.2 Å². The summed E-state index contributed by atoms with van der Waals surface area (Å²) in [5, 5.41) is 3.21. The summed E-state index contributed by atoms with van der Waals surface area (Å²) in [5.74, 6) is 0.593. The lowest BCUT2D eigenvalue weighted by molar-refractivity contribution is 0.310. The van der Waals surface area contributed by atoms with E-state index in [4.69, 9.17) is 0 Å². The van der Waals surface area contributed by atoms with E-state index in [0.29, 0.717) is 5.92 Å². The van der Waals surface area contributed by atoms with Gasteiger partial charge < -0.3 is 5.32 Å². The van der Waals surface area contributed by atoms with Crippen LogP contribution in [0.25, 0.3) is 0 Å². The summed E-state index contributed by atoms with van der Waals surface area (Å²) in [4.78, 5) is 2.33. The van der Waals surface area contributed by atoms with Crippen LogP contribution in [0.5, 0.6) is 0 Å². The first kappa shape index (κ1) is 15.9. The van der Waals surface area contributed by atoms with Gasteiger partial charge in [-0.2, -0.15) is 0 Å². The van der Waals surface area contributed by atoms with Crippen molar-refractivity contribution in [3.8, 4) is 0 Å². The molecule has 18 heavy (non-hydrogen) atoms. The Hall–Kier alpha value is -0.160. The van der Waals surface area contributed by atoms with Gasteiger partial charge in [0.25, 0.3) is 0 Å². The average molecular weight is 338 g/mol. The Bertz CT molecular complexity index is 389. The Morgan fingerprint density at radius 3 is 2.94 bits per heavy atom. The van der Waals surface area contributed by atoms with E-state index in [-0.39, 0.29) is 18.2 Å². The molecule has 1 aliphatic heterocycles. The van der Waals surface area contributed by atoms with E-state index in [1.165, 1.54) is 12.5 Å². The highest BCUT2D eigenvalue weighted by Crippen LogP contribution is 2.21. The second-order valence-electron chi connectivity index (χ2n) is 4.68. The zero-order valence-corrected chi connectivity index (χ0v) is 12.9. The molecular weight excluding hydrogens is 319 g/mol. The largest absolute Gasteiger partial charge is 0.319 e. The number of nitrogens with one attached hydrogen (secondary N) is 1. The van der Waals surface area contributed by atoms with Crippen molar-refractivity contribution < 1.29 is 4.39 Å². The molecule has 1 aromatic rings. The summed E-state index contributed by atoms with van der Waals surface area (Å²) in [6, 6.07) is 5.31. The molecule has 0 radical (unpaired) electrons. The van der Waals surface area contributed by atoms with E-state index >= 15 is 0 Å². The van der Waals surface area contributed by atoms with Gasteiger partial charge in [0.1, 0.15) is 5.82 Å². The lowest BCUT2D eigenvalue weighted by Gasteiger charge is -2.16. The maximum atomic E-state index is 13.7. The maximum Gasteiger partial charge on any atom is 0.128 e. The van der Waals surface area contributed by atoms with Crippen LogP contribution in [0.3, 0.4) is 0 Å². The van der Waals surface area contributed by atoms with E-state index in [1.54, 1.807) is 0 Å². The molecule has 1 fully saturated rings. The highest BCUT2D eigenvalue weighted by atomic mass is 79.9. The predicted octanol–water partition coefficient (Wildman–Crippen LogP) is 3.05. The fourth-order valence-electron chi connectivity index (χ4n) is 2.40.